The Morgan fingerprint density at radius 1 is 1.65 bits per heavy atom. The number of aliphatic hydroxyl groups excluding tert-OH is 1. The van der Waals surface area contributed by atoms with Gasteiger partial charge in [-0.2, -0.15) is 4.98 Å². The second-order valence-electron chi connectivity index (χ2n) is 4.29. The van der Waals surface area contributed by atoms with E-state index in [1.54, 1.807) is 6.20 Å². The first kappa shape index (κ1) is 12.5. The second kappa shape index (κ2) is 5.16. The number of nitrogen functional groups attached to an aromatic ring is 1. The number of nitrogens with one attached hydrogen (secondary N) is 1. The molecular formula is C10H16BrN5O. The quantitative estimate of drug-likeness (QED) is 0.551. The number of nitrogens with zero attached hydrogens (tertiary/aromatic N) is 3. The molecule has 2 atom stereocenters. The van der Waals surface area contributed by atoms with Gasteiger partial charge in [0.1, 0.15) is 5.82 Å². The Bertz CT molecular complexity index is 402. The zero-order valence-corrected chi connectivity index (χ0v) is 11.2. The van der Waals surface area contributed by atoms with Crippen molar-refractivity contribution in [1.29, 1.82) is 0 Å². The van der Waals surface area contributed by atoms with Gasteiger partial charge in [-0.15, -0.1) is 0 Å². The van der Waals surface area contributed by atoms with Crippen molar-refractivity contribution in [2.75, 3.05) is 23.4 Å². The van der Waals surface area contributed by atoms with Crippen molar-refractivity contribution in [3.05, 3.63) is 10.7 Å². The number of hydrogen-bond acceptors (Lipinski definition) is 6. The number of hydrazine groups is 1. The Morgan fingerprint density at radius 3 is 3.06 bits per heavy atom. The minimum atomic E-state index is -0.223. The molecule has 2 rings (SSSR count). The fraction of sp³-hybridized carbons (Fsp3) is 0.600. The van der Waals surface area contributed by atoms with Crippen LogP contribution in [0.1, 0.15) is 13.3 Å². The first-order chi connectivity index (χ1) is 8.11. The summed E-state index contributed by atoms with van der Waals surface area (Å²) >= 11 is 3.43. The maximum Gasteiger partial charge on any atom is 0.239 e. The molecule has 7 heteroatoms. The summed E-state index contributed by atoms with van der Waals surface area (Å²) < 4.78 is 0.833. The largest absolute Gasteiger partial charge is 0.393 e. The predicted octanol–water partition coefficient (Wildman–Crippen LogP) is 0.732. The molecule has 0 saturated carbocycles. The summed E-state index contributed by atoms with van der Waals surface area (Å²) in [4.78, 5) is 10.5. The van der Waals surface area contributed by atoms with Crippen LogP contribution in [0.4, 0.5) is 11.8 Å². The van der Waals surface area contributed by atoms with Gasteiger partial charge in [-0.1, -0.05) is 6.92 Å². The van der Waals surface area contributed by atoms with Crippen molar-refractivity contribution >= 4 is 27.7 Å². The molecule has 2 heterocycles. The summed E-state index contributed by atoms with van der Waals surface area (Å²) in [6, 6.07) is 0. The van der Waals surface area contributed by atoms with Crippen LogP contribution >= 0.6 is 15.9 Å². The minimum Gasteiger partial charge on any atom is -0.393 e. The van der Waals surface area contributed by atoms with Crippen molar-refractivity contribution in [2.24, 2.45) is 11.8 Å². The molecular weight excluding hydrogens is 286 g/mol. The first-order valence-corrected chi connectivity index (χ1v) is 6.33. The first-order valence-electron chi connectivity index (χ1n) is 5.54. The molecule has 4 N–H and O–H groups in total. The van der Waals surface area contributed by atoms with Crippen LogP contribution in [-0.4, -0.2) is 34.3 Å². The van der Waals surface area contributed by atoms with Gasteiger partial charge in [0.05, 0.1) is 10.6 Å². The fourth-order valence-electron chi connectivity index (χ4n) is 1.98. The van der Waals surface area contributed by atoms with Crippen molar-refractivity contribution < 1.29 is 5.11 Å². The Hall–Kier alpha value is -0.920. The highest BCUT2D eigenvalue weighted by atomic mass is 79.9. The summed E-state index contributed by atoms with van der Waals surface area (Å²) in [5, 5.41) is 9.71. The normalized spacial score (nSPS) is 24.8. The summed E-state index contributed by atoms with van der Waals surface area (Å²) in [6.45, 7) is 3.60. The molecule has 17 heavy (non-hydrogen) atoms. The SMILES string of the molecule is CC1CN(c2nc(NN)ncc2Br)CCC1O. The van der Waals surface area contributed by atoms with E-state index in [0.29, 0.717) is 5.95 Å². The Kier molecular flexibility index (Phi) is 3.80. The Balaban J connectivity index is 2.21. The van der Waals surface area contributed by atoms with E-state index in [4.69, 9.17) is 5.84 Å². The van der Waals surface area contributed by atoms with Crippen LogP contribution in [0.3, 0.4) is 0 Å². The smallest absolute Gasteiger partial charge is 0.239 e. The van der Waals surface area contributed by atoms with Gasteiger partial charge in [-0.3, -0.25) is 5.43 Å². The highest BCUT2D eigenvalue weighted by Gasteiger charge is 2.26. The average Bonchev–Trinajstić information content (AvgIpc) is 2.33. The van der Waals surface area contributed by atoms with E-state index >= 15 is 0 Å². The standard InChI is InChI=1S/C10H16BrN5O/c1-6-5-16(3-2-8(6)17)9-7(11)4-13-10(14-9)15-12/h4,6,8,17H,2-3,5,12H2,1H3,(H,13,14,15). The van der Waals surface area contributed by atoms with E-state index < -0.39 is 0 Å². The molecule has 2 unspecified atom stereocenters. The zero-order valence-electron chi connectivity index (χ0n) is 9.60. The van der Waals surface area contributed by atoms with Crippen molar-refractivity contribution in [1.82, 2.24) is 9.97 Å². The maximum absolute atomic E-state index is 9.71. The van der Waals surface area contributed by atoms with Crippen molar-refractivity contribution in [3.63, 3.8) is 0 Å². The predicted molar refractivity (Wildman–Crippen MR) is 69.5 cm³/mol. The lowest BCUT2D eigenvalue weighted by Crippen LogP contribution is -2.42. The van der Waals surface area contributed by atoms with Gasteiger partial charge in [0.15, 0.2) is 0 Å². The van der Waals surface area contributed by atoms with Gasteiger partial charge >= 0.3 is 0 Å². The number of nitrogens with two attached hydrogens (primary N) is 1. The molecule has 1 fully saturated rings. The van der Waals surface area contributed by atoms with E-state index in [-0.39, 0.29) is 12.0 Å². The summed E-state index contributed by atoms with van der Waals surface area (Å²) in [5.41, 5.74) is 2.43. The second-order valence-corrected chi connectivity index (χ2v) is 5.14. The molecule has 1 aliphatic heterocycles. The molecule has 1 aliphatic rings. The topological polar surface area (TPSA) is 87.3 Å². The number of halogens is 1. The molecule has 1 aromatic heterocycles. The number of anilines is 2. The molecule has 0 aromatic carbocycles. The monoisotopic (exact) mass is 301 g/mol. The number of rotatable bonds is 2. The van der Waals surface area contributed by atoms with Crippen LogP contribution in [0.5, 0.6) is 0 Å². The number of aromatic nitrogens is 2. The van der Waals surface area contributed by atoms with Crippen LogP contribution in [0.15, 0.2) is 10.7 Å². The van der Waals surface area contributed by atoms with E-state index in [9.17, 15) is 5.11 Å². The van der Waals surface area contributed by atoms with Crippen LogP contribution in [0.2, 0.25) is 0 Å². The number of aliphatic hydroxyl groups is 1. The fourth-order valence-corrected chi connectivity index (χ4v) is 2.42. The highest BCUT2D eigenvalue weighted by Crippen LogP contribution is 2.28. The molecule has 0 amide bonds. The zero-order chi connectivity index (χ0) is 12.4. The lowest BCUT2D eigenvalue weighted by atomic mass is 9.97. The molecule has 1 saturated heterocycles. The third kappa shape index (κ3) is 2.67. The molecule has 94 valence electrons. The van der Waals surface area contributed by atoms with Crippen LogP contribution < -0.4 is 16.2 Å². The maximum atomic E-state index is 9.71. The summed E-state index contributed by atoms with van der Waals surface area (Å²) in [5.74, 6) is 6.74. The van der Waals surface area contributed by atoms with E-state index in [1.165, 1.54) is 0 Å². The van der Waals surface area contributed by atoms with E-state index in [0.717, 1.165) is 29.8 Å². The van der Waals surface area contributed by atoms with Gasteiger partial charge in [0.25, 0.3) is 0 Å². The van der Waals surface area contributed by atoms with Gasteiger partial charge < -0.3 is 10.0 Å². The van der Waals surface area contributed by atoms with Gasteiger partial charge in [-0.05, 0) is 28.3 Å². The van der Waals surface area contributed by atoms with Crippen molar-refractivity contribution in [3.8, 4) is 0 Å². The molecule has 1 aromatic rings. The lowest BCUT2D eigenvalue weighted by Gasteiger charge is -2.35. The van der Waals surface area contributed by atoms with E-state index in [1.807, 2.05) is 6.92 Å². The highest BCUT2D eigenvalue weighted by molar-refractivity contribution is 9.10. The average molecular weight is 302 g/mol. The minimum absolute atomic E-state index is 0.223. The Morgan fingerprint density at radius 2 is 2.41 bits per heavy atom. The van der Waals surface area contributed by atoms with Gasteiger partial charge in [0, 0.05) is 19.3 Å². The summed E-state index contributed by atoms with van der Waals surface area (Å²) in [7, 11) is 0. The number of piperidine rings is 1. The summed E-state index contributed by atoms with van der Waals surface area (Å²) in [6.07, 6.45) is 2.20. The lowest BCUT2D eigenvalue weighted by molar-refractivity contribution is 0.0968. The van der Waals surface area contributed by atoms with Crippen LogP contribution in [0, 0.1) is 5.92 Å². The van der Waals surface area contributed by atoms with Crippen LogP contribution in [0.25, 0.3) is 0 Å². The molecule has 0 bridgehead atoms. The third-order valence-electron chi connectivity index (χ3n) is 3.01. The van der Waals surface area contributed by atoms with Gasteiger partial charge in [0.2, 0.25) is 5.95 Å². The Labute approximate surface area is 108 Å². The number of hydrogen-bond donors (Lipinski definition) is 3. The third-order valence-corrected chi connectivity index (χ3v) is 3.57. The molecule has 6 nitrogen and oxygen atoms in total. The van der Waals surface area contributed by atoms with Crippen LogP contribution in [-0.2, 0) is 0 Å². The molecule has 0 aliphatic carbocycles. The van der Waals surface area contributed by atoms with Crippen molar-refractivity contribution in [2.45, 2.75) is 19.4 Å². The van der Waals surface area contributed by atoms with Gasteiger partial charge in [-0.25, -0.2) is 10.8 Å². The molecule has 0 radical (unpaired) electrons. The molecule has 0 spiro atoms. The van der Waals surface area contributed by atoms with E-state index in [2.05, 4.69) is 36.2 Å².